The van der Waals surface area contributed by atoms with Crippen molar-refractivity contribution in [3.8, 4) is 0 Å². The quantitative estimate of drug-likeness (QED) is 0.848. The maximum atomic E-state index is 3.73. The Morgan fingerprint density at radius 1 is 1.35 bits per heavy atom. The van der Waals surface area contributed by atoms with Gasteiger partial charge in [0.2, 0.25) is 0 Å². The molecule has 2 heteroatoms. The van der Waals surface area contributed by atoms with Crippen LogP contribution in [0.15, 0.2) is 24.3 Å². The van der Waals surface area contributed by atoms with E-state index in [0.29, 0.717) is 6.04 Å². The second-order valence-corrected chi connectivity index (χ2v) is 6.32. The average Bonchev–Trinajstić information content (AvgIpc) is 2.85. The Balaban J connectivity index is 1.89. The molecule has 0 amide bonds. The zero-order valence-electron chi connectivity index (χ0n) is 10.9. The molecule has 1 saturated heterocycles. The number of benzene rings is 1. The smallest absolute Gasteiger partial charge is 0.0318 e. The summed E-state index contributed by atoms with van der Waals surface area (Å²) in [6.45, 7) is 5.57. The Morgan fingerprint density at radius 3 is 2.71 bits per heavy atom. The molecule has 1 aliphatic rings. The number of hydrogen-bond acceptors (Lipinski definition) is 2. The zero-order valence-corrected chi connectivity index (χ0v) is 11.7. The standard InChI is InChI=1S/C15H23NS/c1-3-15(13-8-6-12(2)7-9-13)16-11-14-5-4-10-17-14/h6-9,14-16H,3-5,10-11H2,1-2H3. The fourth-order valence-electron chi connectivity index (χ4n) is 2.38. The molecule has 0 saturated carbocycles. The van der Waals surface area contributed by atoms with Gasteiger partial charge in [0.1, 0.15) is 0 Å². The predicted octanol–water partition coefficient (Wildman–Crippen LogP) is 3.93. The van der Waals surface area contributed by atoms with Crippen LogP contribution in [0.4, 0.5) is 0 Å². The Kier molecular flexibility index (Phi) is 4.93. The van der Waals surface area contributed by atoms with Crippen LogP contribution in [0, 0.1) is 6.92 Å². The fraction of sp³-hybridized carbons (Fsp3) is 0.600. The van der Waals surface area contributed by atoms with E-state index in [2.05, 4.69) is 55.2 Å². The first kappa shape index (κ1) is 13.0. The molecule has 1 aliphatic heterocycles. The summed E-state index contributed by atoms with van der Waals surface area (Å²) < 4.78 is 0. The van der Waals surface area contributed by atoms with E-state index >= 15 is 0 Å². The van der Waals surface area contributed by atoms with Gasteiger partial charge < -0.3 is 5.32 Å². The van der Waals surface area contributed by atoms with Gasteiger partial charge in [-0.2, -0.15) is 11.8 Å². The van der Waals surface area contributed by atoms with E-state index in [1.807, 2.05) is 0 Å². The van der Waals surface area contributed by atoms with Crippen molar-refractivity contribution in [2.24, 2.45) is 0 Å². The van der Waals surface area contributed by atoms with E-state index < -0.39 is 0 Å². The van der Waals surface area contributed by atoms with E-state index in [4.69, 9.17) is 0 Å². The topological polar surface area (TPSA) is 12.0 Å². The van der Waals surface area contributed by atoms with Crippen molar-refractivity contribution >= 4 is 11.8 Å². The summed E-state index contributed by atoms with van der Waals surface area (Å²) in [4.78, 5) is 0. The molecule has 94 valence electrons. The summed E-state index contributed by atoms with van der Waals surface area (Å²) in [6.07, 6.45) is 3.96. The van der Waals surface area contributed by atoms with Gasteiger partial charge in [0.05, 0.1) is 0 Å². The van der Waals surface area contributed by atoms with Crippen molar-refractivity contribution in [3.05, 3.63) is 35.4 Å². The lowest BCUT2D eigenvalue weighted by Crippen LogP contribution is -2.27. The Bertz CT molecular complexity index is 327. The molecular weight excluding hydrogens is 226 g/mol. The highest BCUT2D eigenvalue weighted by Crippen LogP contribution is 2.26. The molecule has 0 bridgehead atoms. The van der Waals surface area contributed by atoms with Crippen LogP contribution in [0.5, 0.6) is 0 Å². The molecule has 1 aromatic carbocycles. The summed E-state index contributed by atoms with van der Waals surface area (Å²) in [5, 5.41) is 4.57. The van der Waals surface area contributed by atoms with Gasteiger partial charge in [0, 0.05) is 17.8 Å². The van der Waals surface area contributed by atoms with Crippen LogP contribution in [-0.4, -0.2) is 17.5 Å². The van der Waals surface area contributed by atoms with Crippen molar-refractivity contribution in [2.75, 3.05) is 12.3 Å². The molecule has 1 fully saturated rings. The van der Waals surface area contributed by atoms with Crippen LogP contribution in [0.1, 0.15) is 43.4 Å². The minimum absolute atomic E-state index is 0.525. The SMILES string of the molecule is CCC(NCC1CCCS1)c1ccc(C)cc1. The first-order valence-electron chi connectivity index (χ1n) is 6.71. The predicted molar refractivity (Wildman–Crippen MR) is 77.7 cm³/mol. The third kappa shape index (κ3) is 3.75. The van der Waals surface area contributed by atoms with Crippen molar-refractivity contribution in [2.45, 2.75) is 44.4 Å². The summed E-state index contributed by atoms with van der Waals surface area (Å²) in [5.41, 5.74) is 2.77. The third-order valence-electron chi connectivity index (χ3n) is 3.50. The van der Waals surface area contributed by atoms with Crippen molar-refractivity contribution in [1.29, 1.82) is 0 Å². The highest BCUT2D eigenvalue weighted by Gasteiger charge is 2.17. The Labute approximate surface area is 109 Å². The molecule has 1 N–H and O–H groups in total. The van der Waals surface area contributed by atoms with Gasteiger partial charge in [0.25, 0.3) is 0 Å². The monoisotopic (exact) mass is 249 g/mol. The lowest BCUT2D eigenvalue weighted by Gasteiger charge is -2.20. The molecule has 2 unspecified atom stereocenters. The minimum Gasteiger partial charge on any atom is -0.309 e. The second kappa shape index (κ2) is 6.46. The highest BCUT2D eigenvalue weighted by atomic mass is 32.2. The normalized spacial score (nSPS) is 21.6. The third-order valence-corrected chi connectivity index (χ3v) is 4.90. The fourth-order valence-corrected chi connectivity index (χ4v) is 3.59. The molecule has 1 nitrogen and oxygen atoms in total. The van der Waals surface area contributed by atoms with E-state index in [1.165, 1.54) is 36.1 Å². The van der Waals surface area contributed by atoms with E-state index in [-0.39, 0.29) is 0 Å². The van der Waals surface area contributed by atoms with Gasteiger partial charge in [-0.15, -0.1) is 0 Å². The second-order valence-electron chi connectivity index (χ2n) is 4.91. The highest BCUT2D eigenvalue weighted by molar-refractivity contribution is 8.00. The molecule has 0 aromatic heterocycles. The Hall–Kier alpha value is -0.470. The van der Waals surface area contributed by atoms with Gasteiger partial charge in [-0.05, 0) is 37.5 Å². The van der Waals surface area contributed by atoms with Crippen molar-refractivity contribution in [1.82, 2.24) is 5.32 Å². The maximum absolute atomic E-state index is 3.73. The van der Waals surface area contributed by atoms with E-state index in [9.17, 15) is 0 Å². The molecule has 0 radical (unpaired) electrons. The molecule has 0 spiro atoms. The maximum Gasteiger partial charge on any atom is 0.0318 e. The van der Waals surface area contributed by atoms with Gasteiger partial charge in [-0.1, -0.05) is 36.8 Å². The molecule has 17 heavy (non-hydrogen) atoms. The van der Waals surface area contributed by atoms with Crippen LogP contribution in [0.25, 0.3) is 0 Å². The molecular formula is C15H23NS. The van der Waals surface area contributed by atoms with Gasteiger partial charge in [0.15, 0.2) is 0 Å². The molecule has 0 aliphatic carbocycles. The number of rotatable bonds is 5. The zero-order chi connectivity index (χ0) is 12.1. The van der Waals surface area contributed by atoms with Crippen LogP contribution in [-0.2, 0) is 0 Å². The minimum atomic E-state index is 0.525. The Morgan fingerprint density at radius 2 is 2.12 bits per heavy atom. The van der Waals surface area contributed by atoms with Crippen molar-refractivity contribution in [3.63, 3.8) is 0 Å². The van der Waals surface area contributed by atoms with E-state index in [0.717, 1.165) is 11.8 Å². The summed E-state index contributed by atoms with van der Waals surface area (Å²) in [5.74, 6) is 1.35. The first-order chi connectivity index (χ1) is 8.29. The first-order valence-corrected chi connectivity index (χ1v) is 7.76. The van der Waals surface area contributed by atoms with Crippen molar-refractivity contribution < 1.29 is 0 Å². The van der Waals surface area contributed by atoms with Crippen LogP contribution < -0.4 is 5.32 Å². The summed E-state index contributed by atoms with van der Waals surface area (Å²) >= 11 is 2.13. The van der Waals surface area contributed by atoms with Gasteiger partial charge >= 0.3 is 0 Å². The number of hydrogen-bond donors (Lipinski definition) is 1. The van der Waals surface area contributed by atoms with Crippen LogP contribution >= 0.6 is 11.8 Å². The van der Waals surface area contributed by atoms with E-state index in [1.54, 1.807) is 0 Å². The lowest BCUT2D eigenvalue weighted by atomic mass is 10.0. The average molecular weight is 249 g/mol. The molecule has 1 aromatic rings. The summed E-state index contributed by atoms with van der Waals surface area (Å²) in [7, 11) is 0. The number of aryl methyl sites for hydroxylation is 1. The lowest BCUT2D eigenvalue weighted by molar-refractivity contribution is 0.512. The van der Waals surface area contributed by atoms with Crippen LogP contribution in [0.3, 0.4) is 0 Å². The molecule has 2 atom stereocenters. The summed E-state index contributed by atoms with van der Waals surface area (Å²) in [6, 6.07) is 9.47. The number of thioether (sulfide) groups is 1. The van der Waals surface area contributed by atoms with Gasteiger partial charge in [-0.25, -0.2) is 0 Å². The molecule has 2 rings (SSSR count). The van der Waals surface area contributed by atoms with Crippen LogP contribution in [0.2, 0.25) is 0 Å². The number of nitrogens with one attached hydrogen (secondary N) is 1. The van der Waals surface area contributed by atoms with Gasteiger partial charge in [-0.3, -0.25) is 0 Å². The molecule has 1 heterocycles. The largest absolute Gasteiger partial charge is 0.309 e.